The molecule has 0 spiro atoms. The fourth-order valence-corrected chi connectivity index (χ4v) is 3.97. The third kappa shape index (κ3) is 4.06. The first kappa shape index (κ1) is 15.2. The number of thioether (sulfide) groups is 1. The van der Waals surface area contributed by atoms with Crippen LogP contribution in [0.4, 0.5) is 0 Å². The summed E-state index contributed by atoms with van der Waals surface area (Å²) in [5.41, 5.74) is 0. The first-order valence-corrected chi connectivity index (χ1v) is 8.02. The van der Waals surface area contributed by atoms with E-state index in [1.807, 2.05) is 6.92 Å². The van der Waals surface area contributed by atoms with E-state index < -0.39 is 0 Å². The molecule has 1 saturated heterocycles. The Morgan fingerprint density at radius 1 is 1.47 bits per heavy atom. The van der Waals surface area contributed by atoms with Crippen LogP contribution in [0.25, 0.3) is 0 Å². The van der Waals surface area contributed by atoms with Crippen LogP contribution in [-0.2, 0) is 4.79 Å². The highest BCUT2D eigenvalue weighted by Gasteiger charge is 2.37. The molecule has 1 rings (SSSR count). The fraction of sp³-hybridized carbons (Fsp3) is 0.923. The number of alkyl halides is 1. The lowest BCUT2D eigenvalue weighted by molar-refractivity contribution is -0.123. The van der Waals surface area contributed by atoms with E-state index in [1.165, 1.54) is 0 Å². The van der Waals surface area contributed by atoms with Gasteiger partial charge in [0.25, 0.3) is 0 Å². The zero-order valence-corrected chi connectivity index (χ0v) is 12.7. The molecule has 1 N–H and O–H groups in total. The van der Waals surface area contributed by atoms with Crippen molar-refractivity contribution in [3.05, 3.63) is 0 Å². The minimum Gasteiger partial charge on any atom is -0.353 e. The molecular formula is C13H24ClNOS. The zero-order valence-electron chi connectivity index (χ0n) is 11.1. The largest absolute Gasteiger partial charge is 0.353 e. The average molecular weight is 278 g/mol. The smallest absolute Gasteiger partial charge is 0.235 e. The van der Waals surface area contributed by atoms with E-state index in [4.69, 9.17) is 11.6 Å². The van der Waals surface area contributed by atoms with Crippen molar-refractivity contribution in [2.75, 3.05) is 12.3 Å². The molecule has 0 aromatic rings. The molecular weight excluding hydrogens is 254 g/mol. The highest BCUT2D eigenvalue weighted by Crippen LogP contribution is 2.37. The SMILES string of the molecule is CCC(CC)C(Cl)CNC(=O)C1(C)CCCS1. The van der Waals surface area contributed by atoms with E-state index in [0.29, 0.717) is 12.5 Å². The standard InChI is InChI=1S/C13H24ClNOS/c1-4-10(5-2)11(14)9-15-12(16)13(3)7-6-8-17-13/h10-11H,4-9H2,1-3H3,(H,15,16). The Morgan fingerprint density at radius 3 is 2.59 bits per heavy atom. The normalized spacial score (nSPS) is 26.2. The Bertz CT molecular complexity index is 250. The van der Waals surface area contributed by atoms with Crippen LogP contribution in [0.3, 0.4) is 0 Å². The second-order valence-electron chi connectivity index (χ2n) is 4.99. The number of halogens is 1. The molecule has 0 aromatic carbocycles. The molecule has 0 aliphatic carbocycles. The Kier molecular flexibility index (Phi) is 6.14. The molecule has 1 aliphatic rings. The third-order valence-electron chi connectivity index (χ3n) is 3.72. The van der Waals surface area contributed by atoms with Gasteiger partial charge in [0, 0.05) is 6.54 Å². The van der Waals surface area contributed by atoms with E-state index in [2.05, 4.69) is 19.2 Å². The van der Waals surface area contributed by atoms with Crippen LogP contribution in [0.15, 0.2) is 0 Å². The van der Waals surface area contributed by atoms with Crippen LogP contribution < -0.4 is 5.32 Å². The minimum atomic E-state index is -0.218. The number of nitrogens with one attached hydrogen (secondary N) is 1. The monoisotopic (exact) mass is 277 g/mol. The van der Waals surface area contributed by atoms with Gasteiger partial charge in [-0.2, -0.15) is 0 Å². The number of rotatable bonds is 6. The molecule has 0 saturated carbocycles. The van der Waals surface area contributed by atoms with E-state index >= 15 is 0 Å². The summed E-state index contributed by atoms with van der Waals surface area (Å²) >= 11 is 8.09. The average Bonchev–Trinajstić information content (AvgIpc) is 2.76. The van der Waals surface area contributed by atoms with E-state index in [-0.39, 0.29) is 16.0 Å². The van der Waals surface area contributed by atoms with E-state index in [1.54, 1.807) is 11.8 Å². The van der Waals surface area contributed by atoms with Gasteiger partial charge in [-0.3, -0.25) is 4.79 Å². The van der Waals surface area contributed by atoms with Gasteiger partial charge in [-0.15, -0.1) is 23.4 Å². The van der Waals surface area contributed by atoms with Crippen molar-refractivity contribution < 1.29 is 4.79 Å². The van der Waals surface area contributed by atoms with Crippen molar-refractivity contribution in [1.29, 1.82) is 0 Å². The Hall–Kier alpha value is 0.110. The lowest BCUT2D eigenvalue weighted by Crippen LogP contribution is -2.43. The lowest BCUT2D eigenvalue weighted by Gasteiger charge is -2.24. The second-order valence-corrected chi connectivity index (χ2v) is 7.14. The maximum Gasteiger partial charge on any atom is 0.235 e. The van der Waals surface area contributed by atoms with Crippen molar-refractivity contribution in [2.24, 2.45) is 5.92 Å². The highest BCUT2D eigenvalue weighted by atomic mass is 35.5. The summed E-state index contributed by atoms with van der Waals surface area (Å²) in [6, 6.07) is 0. The molecule has 100 valence electrons. The summed E-state index contributed by atoms with van der Waals surface area (Å²) < 4.78 is -0.218. The summed E-state index contributed by atoms with van der Waals surface area (Å²) in [6.45, 7) is 6.95. The van der Waals surface area contributed by atoms with Crippen LogP contribution in [0, 0.1) is 5.92 Å². The summed E-state index contributed by atoms with van der Waals surface area (Å²) in [5, 5.41) is 3.08. The van der Waals surface area contributed by atoms with Crippen molar-refractivity contribution in [3.8, 4) is 0 Å². The van der Waals surface area contributed by atoms with Crippen molar-refractivity contribution in [1.82, 2.24) is 5.32 Å². The maximum atomic E-state index is 12.1. The number of carbonyl (C=O) groups excluding carboxylic acids is 1. The highest BCUT2D eigenvalue weighted by molar-refractivity contribution is 8.01. The third-order valence-corrected chi connectivity index (χ3v) is 5.75. The van der Waals surface area contributed by atoms with Gasteiger partial charge in [-0.05, 0) is 31.4 Å². The van der Waals surface area contributed by atoms with Gasteiger partial charge in [-0.1, -0.05) is 26.7 Å². The molecule has 2 nitrogen and oxygen atoms in total. The molecule has 4 heteroatoms. The summed E-state index contributed by atoms with van der Waals surface area (Å²) in [7, 11) is 0. The fourth-order valence-electron chi connectivity index (χ4n) is 2.30. The van der Waals surface area contributed by atoms with E-state index in [9.17, 15) is 4.79 Å². The van der Waals surface area contributed by atoms with Crippen LogP contribution in [0.1, 0.15) is 46.5 Å². The second kappa shape index (κ2) is 6.89. The number of hydrogen-bond donors (Lipinski definition) is 1. The number of carbonyl (C=O) groups is 1. The van der Waals surface area contributed by atoms with Gasteiger partial charge < -0.3 is 5.32 Å². The van der Waals surface area contributed by atoms with Crippen molar-refractivity contribution in [3.63, 3.8) is 0 Å². The van der Waals surface area contributed by atoms with Crippen molar-refractivity contribution >= 4 is 29.3 Å². The van der Waals surface area contributed by atoms with Crippen LogP contribution in [0.5, 0.6) is 0 Å². The van der Waals surface area contributed by atoms with Gasteiger partial charge in [0.05, 0.1) is 10.1 Å². The zero-order chi connectivity index (χ0) is 12.9. The predicted octanol–water partition coefficient (Wildman–Crippen LogP) is 3.43. The van der Waals surface area contributed by atoms with Crippen molar-refractivity contribution in [2.45, 2.75) is 56.6 Å². The number of hydrogen-bond acceptors (Lipinski definition) is 2. The minimum absolute atomic E-state index is 0.0592. The molecule has 1 amide bonds. The van der Waals surface area contributed by atoms with Gasteiger partial charge in [-0.25, -0.2) is 0 Å². The lowest BCUT2D eigenvalue weighted by atomic mass is 9.98. The maximum absolute atomic E-state index is 12.1. The van der Waals surface area contributed by atoms with Crippen LogP contribution in [-0.4, -0.2) is 28.3 Å². The molecule has 0 bridgehead atoms. The Balaban J connectivity index is 2.37. The van der Waals surface area contributed by atoms with Gasteiger partial charge in [0.2, 0.25) is 5.91 Å². The first-order valence-electron chi connectivity index (χ1n) is 6.59. The topological polar surface area (TPSA) is 29.1 Å². The summed E-state index contributed by atoms with van der Waals surface area (Å²) in [5.74, 6) is 1.76. The summed E-state index contributed by atoms with van der Waals surface area (Å²) in [6.07, 6.45) is 4.28. The summed E-state index contributed by atoms with van der Waals surface area (Å²) in [4.78, 5) is 12.1. The van der Waals surface area contributed by atoms with Gasteiger partial charge in [0.15, 0.2) is 0 Å². The number of amides is 1. The molecule has 17 heavy (non-hydrogen) atoms. The molecule has 2 atom stereocenters. The predicted molar refractivity (Wildman–Crippen MR) is 76.8 cm³/mol. The van der Waals surface area contributed by atoms with E-state index in [0.717, 1.165) is 31.4 Å². The molecule has 1 fully saturated rings. The van der Waals surface area contributed by atoms with Gasteiger partial charge >= 0.3 is 0 Å². The quantitative estimate of drug-likeness (QED) is 0.754. The van der Waals surface area contributed by atoms with Crippen LogP contribution in [0.2, 0.25) is 0 Å². The first-order chi connectivity index (χ1) is 8.03. The molecule has 2 unspecified atom stereocenters. The molecule has 0 aromatic heterocycles. The molecule has 0 radical (unpaired) electrons. The molecule has 1 aliphatic heterocycles. The Morgan fingerprint density at radius 2 is 2.12 bits per heavy atom. The Labute approximate surface area is 114 Å². The van der Waals surface area contributed by atoms with Crippen LogP contribution >= 0.6 is 23.4 Å². The molecule has 1 heterocycles. The van der Waals surface area contributed by atoms with Gasteiger partial charge in [0.1, 0.15) is 0 Å².